The minimum Gasteiger partial charge on any atom is -0.368 e. The Morgan fingerprint density at radius 3 is 2.53 bits per heavy atom. The normalized spacial score (nSPS) is 19.4. The number of rotatable bonds is 5. The summed E-state index contributed by atoms with van der Waals surface area (Å²) in [5.74, 6) is 0.935. The standard InChI is InChI=1S/C14H17BrClN/c15-8-11-3-4-13(7-14(11)16)17(12-5-6-12)9-10-1-2-10/h3-4,7,10,12H,1-2,5-6,8-9H2. The summed E-state index contributed by atoms with van der Waals surface area (Å²) in [5.41, 5.74) is 2.49. The summed E-state index contributed by atoms with van der Waals surface area (Å²) in [6.07, 6.45) is 5.53. The highest BCUT2D eigenvalue weighted by Gasteiger charge is 2.33. The van der Waals surface area contributed by atoms with Gasteiger partial charge in [-0.25, -0.2) is 0 Å². The lowest BCUT2D eigenvalue weighted by Crippen LogP contribution is -2.27. The maximum absolute atomic E-state index is 6.29. The first-order valence-corrected chi connectivity index (χ1v) is 7.89. The van der Waals surface area contributed by atoms with Crippen LogP contribution in [0.5, 0.6) is 0 Å². The quantitative estimate of drug-likeness (QED) is 0.717. The number of alkyl halides is 1. The zero-order chi connectivity index (χ0) is 11.8. The smallest absolute Gasteiger partial charge is 0.0467 e. The van der Waals surface area contributed by atoms with Crippen molar-refractivity contribution in [3.8, 4) is 0 Å². The number of benzene rings is 1. The maximum Gasteiger partial charge on any atom is 0.0467 e. The molecule has 0 heterocycles. The Balaban J connectivity index is 1.81. The maximum atomic E-state index is 6.29. The van der Waals surface area contributed by atoms with Crippen molar-refractivity contribution < 1.29 is 0 Å². The van der Waals surface area contributed by atoms with Crippen LogP contribution in [0.1, 0.15) is 31.2 Å². The van der Waals surface area contributed by atoms with Gasteiger partial charge in [0.15, 0.2) is 0 Å². The van der Waals surface area contributed by atoms with E-state index in [-0.39, 0.29) is 0 Å². The van der Waals surface area contributed by atoms with Gasteiger partial charge in [0, 0.05) is 28.6 Å². The molecule has 2 aliphatic rings. The number of nitrogens with zero attached hydrogens (tertiary/aromatic N) is 1. The van der Waals surface area contributed by atoms with E-state index < -0.39 is 0 Å². The molecule has 1 aromatic carbocycles. The number of anilines is 1. The molecule has 2 saturated carbocycles. The van der Waals surface area contributed by atoms with E-state index in [1.807, 2.05) is 0 Å². The van der Waals surface area contributed by atoms with Crippen molar-refractivity contribution in [2.75, 3.05) is 11.4 Å². The van der Waals surface area contributed by atoms with Crippen molar-refractivity contribution in [2.45, 2.75) is 37.1 Å². The summed E-state index contributed by atoms with van der Waals surface area (Å²) in [4.78, 5) is 2.57. The average Bonchev–Trinajstić information content (AvgIpc) is 3.17. The topological polar surface area (TPSA) is 3.24 Å². The molecule has 0 N–H and O–H groups in total. The van der Waals surface area contributed by atoms with Crippen LogP contribution in [0, 0.1) is 5.92 Å². The van der Waals surface area contributed by atoms with Crippen LogP contribution >= 0.6 is 27.5 Å². The SMILES string of the molecule is Clc1cc(N(CC2CC2)C2CC2)ccc1CBr. The third-order valence-corrected chi connectivity index (χ3v) is 4.61. The minimum absolute atomic E-state index is 0.779. The Kier molecular flexibility index (Phi) is 3.36. The van der Waals surface area contributed by atoms with E-state index in [1.165, 1.54) is 43.5 Å². The first kappa shape index (κ1) is 11.9. The second-order valence-electron chi connectivity index (χ2n) is 5.24. The summed E-state index contributed by atoms with van der Waals surface area (Å²) in [5, 5.41) is 1.72. The molecule has 3 heteroatoms. The molecule has 3 rings (SSSR count). The highest BCUT2D eigenvalue weighted by Crippen LogP contribution is 2.38. The summed E-state index contributed by atoms with van der Waals surface area (Å²) in [6.45, 7) is 1.23. The van der Waals surface area contributed by atoms with Crippen molar-refractivity contribution in [3.63, 3.8) is 0 Å². The van der Waals surface area contributed by atoms with E-state index >= 15 is 0 Å². The molecule has 0 radical (unpaired) electrons. The van der Waals surface area contributed by atoms with Gasteiger partial charge in [0.05, 0.1) is 0 Å². The second-order valence-corrected chi connectivity index (χ2v) is 6.20. The van der Waals surface area contributed by atoms with Crippen LogP contribution in [-0.2, 0) is 5.33 Å². The first-order chi connectivity index (χ1) is 8.28. The molecule has 0 bridgehead atoms. The van der Waals surface area contributed by atoms with Gasteiger partial charge in [-0.05, 0) is 49.3 Å². The Morgan fingerprint density at radius 2 is 2.00 bits per heavy atom. The van der Waals surface area contributed by atoms with Crippen molar-refractivity contribution in [2.24, 2.45) is 5.92 Å². The molecule has 92 valence electrons. The molecule has 0 saturated heterocycles. The Bertz CT molecular complexity index is 413. The van der Waals surface area contributed by atoms with E-state index in [1.54, 1.807) is 0 Å². The van der Waals surface area contributed by atoms with Crippen molar-refractivity contribution >= 4 is 33.2 Å². The van der Waals surface area contributed by atoms with Gasteiger partial charge in [-0.1, -0.05) is 33.6 Å². The van der Waals surface area contributed by atoms with E-state index in [9.17, 15) is 0 Å². The Labute approximate surface area is 116 Å². The van der Waals surface area contributed by atoms with Crippen molar-refractivity contribution in [1.29, 1.82) is 0 Å². The highest BCUT2D eigenvalue weighted by molar-refractivity contribution is 9.08. The summed E-state index contributed by atoms with van der Waals surface area (Å²) >= 11 is 9.76. The second kappa shape index (κ2) is 4.81. The molecule has 0 unspecified atom stereocenters. The first-order valence-electron chi connectivity index (χ1n) is 6.39. The third kappa shape index (κ3) is 2.79. The third-order valence-electron chi connectivity index (χ3n) is 3.65. The van der Waals surface area contributed by atoms with Crippen LogP contribution in [0.3, 0.4) is 0 Å². The van der Waals surface area contributed by atoms with Gasteiger partial charge >= 0.3 is 0 Å². The molecule has 2 aliphatic carbocycles. The molecule has 17 heavy (non-hydrogen) atoms. The van der Waals surface area contributed by atoms with E-state index in [0.29, 0.717) is 0 Å². The van der Waals surface area contributed by atoms with Crippen molar-refractivity contribution in [1.82, 2.24) is 0 Å². The lowest BCUT2D eigenvalue weighted by atomic mass is 10.2. The van der Waals surface area contributed by atoms with Crippen LogP contribution in [-0.4, -0.2) is 12.6 Å². The lowest BCUT2D eigenvalue weighted by molar-refractivity contribution is 0.719. The molecule has 2 fully saturated rings. The van der Waals surface area contributed by atoms with Crippen LogP contribution in [0.15, 0.2) is 18.2 Å². The van der Waals surface area contributed by atoms with Crippen molar-refractivity contribution in [3.05, 3.63) is 28.8 Å². The van der Waals surface area contributed by atoms with Crippen LogP contribution in [0.4, 0.5) is 5.69 Å². The molecule has 0 amide bonds. The molecular formula is C14H17BrClN. The van der Waals surface area contributed by atoms with E-state index in [2.05, 4.69) is 39.0 Å². The van der Waals surface area contributed by atoms with Gasteiger partial charge < -0.3 is 4.90 Å². The molecule has 0 spiro atoms. The zero-order valence-electron chi connectivity index (χ0n) is 9.83. The largest absolute Gasteiger partial charge is 0.368 e. The highest BCUT2D eigenvalue weighted by atomic mass is 79.9. The molecule has 1 nitrogen and oxygen atoms in total. The van der Waals surface area contributed by atoms with E-state index in [4.69, 9.17) is 11.6 Å². The molecule has 0 aromatic heterocycles. The van der Waals surface area contributed by atoms with Crippen LogP contribution in [0.2, 0.25) is 5.02 Å². The molecule has 0 aliphatic heterocycles. The van der Waals surface area contributed by atoms with Gasteiger partial charge in [-0.15, -0.1) is 0 Å². The Hall–Kier alpha value is -0.210. The summed E-state index contributed by atoms with van der Waals surface area (Å²) < 4.78 is 0. The number of halogens is 2. The monoisotopic (exact) mass is 313 g/mol. The predicted octanol–water partition coefficient (Wildman–Crippen LogP) is 4.61. The van der Waals surface area contributed by atoms with Crippen LogP contribution in [0.25, 0.3) is 0 Å². The average molecular weight is 315 g/mol. The lowest BCUT2D eigenvalue weighted by Gasteiger charge is -2.25. The van der Waals surface area contributed by atoms with Gasteiger partial charge in [0.2, 0.25) is 0 Å². The summed E-state index contributed by atoms with van der Waals surface area (Å²) in [7, 11) is 0. The molecular weight excluding hydrogens is 298 g/mol. The fraction of sp³-hybridized carbons (Fsp3) is 0.571. The predicted molar refractivity (Wildman–Crippen MR) is 77.2 cm³/mol. The fourth-order valence-corrected chi connectivity index (χ4v) is 3.15. The minimum atomic E-state index is 0.779. The fourth-order valence-electron chi connectivity index (χ4n) is 2.25. The van der Waals surface area contributed by atoms with Gasteiger partial charge in [-0.2, -0.15) is 0 Å². The van der Waals surface area contributed by atoms with Crippen LogP contribution < -0.4 is 4.90 Å². The van der Waals surface area contributed by atoms with Gasteiger partial charge in [-0.3, -0.25) is 0 Å². The summed E-state index contributed by atoms with van der Waals surface area (Å²) in [6, 6.07) is 7.29. The number of hydrogen-bond donors (Lipinski definition) is 0. The molecule has 0 atom stereocenters. The van der Waals surface area contributed by atoms with E-state index in [0.717, 1.165) is 22.3 Å². The zero-order valence-corrected chi connectivity index (χ0v) is 12.2. The number of hydrogen-bond acceptors (Lipinski definition) is 1. The van der Waals surface area contributed by atoms with Gasteiger partial charge in [0.25, 0.3) is 0 Å². The van der Waals surface area contributed by atoms with Gasteiger partial charge in [0.1, 0.15) is 0 Å². The molecule has 1 aromatic rings. The Morgan fingerprint density at radius 1 is 1.24 bits per heavy atom.